The molecule has 2 aromatic carbocycles. The zero-order chi connectivity index (χ0) is 21.7. The van der Waals surface area contributed by atoms with Crippen LogP contribution in [0.5, 0.6) is 0 Å². The summed E-state index contributed by atoms with van der Waals surface area (Å²) in [5.74, 6) is 0.658. The van der Waals surface area contributed by atoms with E-state index in [-0.39, 0.29) is 30.2 Å². The molecule has 0 bridgehead atoms. The van der Waals surface area contributed by atoms with Gasteiger partial charge in [-0.1, -0.05) is 0 Å². The third-order valence-corrected chi connectivity index (χ3v) is 26.1. The Balaban J connectivity index is 0.00000181. The van der Waals surface area contributed by atoms with Crippen molar-refractivity contribution in [1.82, 2.24) is 0 Å². The molecule has 2 aliphatic rings. The van der Waals surface area contributed by atoms with Crippen LogP contribution in [0.1, 0.15) is 59.1 Å². The van der Waals surface area contributed by atoms with Crippen molar-refractivity contribution in [2.24, 2.45) is 5.92 Å². The largest absolute Gasteiger partial charge is 0.147 e. The van der Waals surface area contributed by atoms with Crippen LogP contribution in [0.4, 0.5) is 0 Å². The zero-order valence-corrected chi connectivity index (χ0v) is 25.7. The SMILES string of the molecule is CC1=C(C)C(C)[C]([Zr]([CH]2C=C(c3ccc(C)c(C)c3)c3ccccc32)=[Si](C)C)=C1C.Cl.Cl. The van der Waals surface area contributed by atoms with Crippen LogP contribution < -0.4 is 0 Å². The second-order valence-corrected chi connectivity index (χ2v) is 26.9. The van der Waals surface area contributed by atoms with Crippen LogP contribution in [-0.2, 0) is 20.4 Å². The van der Waals surface area contributed by atoms with Gasteiger partial charge in [-0.05, 0) is 0 Å². The molecule has 0 N–H and O–H groups in total. The molecule has 0 amide bonds. The van der Waals surface area contributed by atoms with Gasteiger partial charge >= 0.3 is 192 Å². The van der Waals surface area contributed by atoms with Crippen molar-refractivity contribution >= 4 is 35.8 Å². The first-order valence-electron chi connectivity index (χ1n) is 11.2. The van der Waals surface area contributed by atoms with E-state index in [4.69, 9.17) is 0 Å². The fourth-order valence-corrected chi connectivity index (χ4v) is 25.0. The van der Waals surface area contributed by atoms with E-state index in [2.05, 4.69) is 103 Å². The van der Waals surface area contributed by atoms with Gasteiger partial charge in [0, 0.05) is 0 Å². The number of hydrogen-bond acceptors (Lipinski definition) is 0. The van der Waals surface area contributed by atoms with Crippen molar-refractivity contribution in [3.63, 3.8) is 0 Å². The molecular formula is C28H36Cl2SiZr. The molecule has 0 saturated carbocycles. The Labute approximate surface area is 215 Å². The molecule has 2 aromatic rings. The van der Waals surface area contributed by atoms with Gasteiger partial charge in [-0.15, -0.1) is 24.8 Å². The Morgan fingerprint density at radius 3 is 2.03 bits per heavy atom. The second kappa shape index (κ2) is 10.7. The van der Waals surface area contributed by atoms with Crippen molar-refractivity contribution in [3.05, 3.63) is 96.4 Å². The Morgan fingerprint density at radius 2 is 1.47 bits per heavy atom. The maximum absolute atomic E-state index is 2.69. The van der Waals surface area contributed by atoms with Crippen molar-refractivity contribution in [2.45, 2.75) is 58.3 Å². The minimum atomic E-state index is -1.91. The second-order valence-electron chi connectivity index (χ2n) is 9.43. The van der Waals surface area contributed by atoms with Crippen LogP contribution in [0.15, 0.2) is 68.5 Å². The number of allylic oxidation sites excluding steroid dienone is 5. The van der Waals surface area contributed by atoms with E-state index >= 15 is 0 Å². The molecule has 2 unspecified atom stereocenters. The van der Waals surface area contributed by atoms with Gasteiger partial charge in [0.2, 0.25) is 0 Å². The fraction of sp³-hybridized carbons (Fsp3) is 0.357. The molecule has 0 aromatic heterocycles. The maximum atomic E-state index is 2.69. The molecule has 0 heterocycles. The van der Waals surface area contributed by atoms with Crippen LogP contribution >= 0.6 is 24.8 Å². The van der Waals surface area contributed by atoms with Crippen LogP contribution in [0.3, 0.4) is 0 Å². The summed E-state index contributed by atoms with van der Waals surface area (Å²) in [5, 5.41) is 0. The van der Waals surface area contributed by atoms with E-state index in [1.165, 1.54) is 27.8 Å². The minimum absolute atomic E-state index is 0. The molecule has 0 nitrogen and oxygen atoms in total. The monoisotopic (exact) mass is 560 g/mol. The van der Waals surface area contributed by atoms with Gasteiger partial charge in [-0.25, -0.2) is 0 Å². The van der Waals surface area contributed by atoms with E-state index in [0.717, 1.165) is 0 Å². The van der Waals surface area contributed by atoms with E-state index < -0.39 is 20.4 Å². The van der Waals surface area contributed by atoms with Gasteiger partial charge in [-0.2, -0.15) is 0 Å². The Hall–Kier alpha value is -0.660. The summed E-state index contributed by atoms with van der Waals surface area (Å²) in [6.07, 6.45) is 2.69. The first-order valence-corrected chi connectivity index (χ1v) is 20.0. The molecule has 2 atom stereocenters. The van der Waals surface area contributed by atoms with Gasteiger partial charge in [0.1, 0.15) is 0 Å². The molecule has 4 heteroatoms. The summed E-state index contributed by atoms with van der Waals surface area (Å²) < 4.78 is 2.58. The molecular weight excluding hydrogens is 527 g/mol. The molecule has 0 fully saturated rings. The molecule has 170 valence electrons. The molecule has 4 rings (SSSR count). The summed E-state index contributed by atoms with van der Waals surface area (Å²) in [5.41, 5.74) is 13.2. The first kappa shape index (κ1) is 27.6. The number of benzene rings is 2. The summed E-state index contributed by atoms with van der Waals surface area (Å²) >= 11 is -1.91. The van der Waals surface area contributed by atoms with Crippen LogP contribution in [0.25, 0.3) is 5.57 Å². The Kier molecular flexibility index (Phi) is 9.25. The zero-order valence-electron chi connectivity index (χ0n) is 20.6. The van der Waals surface area contributed by atoms with E-state index in [1.807, 2.05) is 3.28 Å². The number of halogens is 2. The quantitative estimate of drug-likeness (QED) is 0.328. The van der Waals surface area contributed by atoms with Crippen LogP contribution in [0, 0.1) is 19.8 Å². The number of aryl methyl sites for hydroxylation is 2. The maximum Gasteiger partial charge on any atom is -0.147 e. The van der Waals surface area contributed by atoms with E-state index in [1.54, 1.807) is 22.3 Å². The molecule has 0 saturated heterocycles. The van der Waals surface area contributed by atoms with Gasteiger partial charge in [0.05, 0.1) is 0 Å². The molecule has 2 aliphatic carbocycles. The average molecular weight is 563 g/mol. The summed E-state index contributed by atoms with van der Waals surface area (Å²) in [6.45, 7) is 19.3. The third-order valence-electron chi connectivity index (χ3n) is 7.52. The summed E-state index contributed by atoms with van der Waals surface area (Å²) in [7, 11) is 0. The normalized spacial score (nSPS) is 19.3. The van der Waals surface area contributed by atoms with Crippen molar-refractivity contribution in [1.29, 1.82) is 0 Å². The first-order chi connectivity index (χ1) is 14.2. The van der Waals surface area contributed by atoms with Gasteiger partial charge in [0.25, 0.3) is 0 Å². The smallest absolute Gasteiger partial charge is 0.147 e. The van der Waals surface area contributed by atoms with Crippen molar-refractivity contribution < 1.29 is 20.4 Å². The predicted molar refractivity (Wildman–Crippen MR) is 144 cm³/mol. The van der Waals surface area contributed by atoms with Crippen molar-refractivity contribution in [3.8, 4) is 0 Å². The minimum Gasteiger partial charge on any atom is -0.147 e. The molecule has 32 heavy (non-hydrogen) atoms. The van der Waals surface area contributed by atoms with Gasteiger partial charge < -0.3 is 0 Å². The van der Waals surface area contributed by atoms with Crippen molar-refractivity contribution in [2.75, 3.05) is 0 Å². The fourth-order valence-electron chi connectivity index (χ4n) is 5.31. The van der Waals surface area contributed by atoms with E-state index in [9.17, 15) is 0 Å². The Morgan fingerprint density at radius 1 is 0.812 bits per heavy atom. The van der Waals surface area contributed by atoms with Crippen LogP contribution in [-0.4, -0.2) is 5.43 Å². The van der Waals surface area contributed by atoms with E-state index in [0.29, 0.717) is 9.54 Å². The standard InChI is InChI=1S/C17H15.C9H13.C2H6Si.2ClH.Zr/c1-12-7-8-15(11-13(12)2)17-10-9-14-5-3-4-6-16(14)17;1-6-5-7(2)9(4)8(6)3;1-3-2;;;/h3-11H,1-2H3;6H,1-4H3;1-2H3;2*1H;. The summed E-state index contributed by atoms with van der Waals surface area (Å²) in [4.78, 5) is 0. The van der Waals surface area contributed by atoms with Gasteiger partial charge in [-0.3, -0.25) is 0 Å². The molecule has 0 radical (unpaired) electrons. The molecule has 0 spiro atoms. The third kappa shape index (κ3) is 4.63. The number of fused-ring (bicyclic) bond motifs is 1. The van der Waals surface area contributed by atoms with Crippen LogP contribution in [0.2, 0.25) is 13.1 Å². The Bertz CT molecular complexity index is 1180. The summed E-state index contributed by atoms with van der Waals surface area (Å²) in [6, 6.07) is 16.3. The topological polar surface area (TPSA) is 0 Å². The van der Waals surface area contributed by atoms with Gasteiger partial charge in [0.15, 0.2) is 0 Å². The number of rotatable bonds is 3. The number of hydrogen-bond donors (Lipinski definition) is 0. The predicted octanol–water partition coefficient (Wildman–Crippen LogP) is 8.76. The molecule has 0 aliphatic heterocycles. The average Bonchev–Trinajstić information content (AvgIpc) is 3.18.